The molecule has 2 atom stereocenters. The number of para-hydroxylation sites is 2. The normalized spacial score (nSPS) is 18.8. The largest absolute Gasteiger partial charge is 0.356 e. The van der Waals surface area contributed by atoms with Crippen molar-refractivity contribution in [3.8, 4) is 0 Å². The number of benzene rings is 3. The van der Waals surface area contributed by atoms with Crippen molar-refractivity contribution in [2.45, 2.75) is 31.8 Å². The summed E-state index contributed by atoms with van der Waals surface area (Å²) in [6.07, 6.45) is 1.10. The molecule has 37 heavy (non-hydrogen) atoms. The van der Waals surface area contributed by atoms with E-state index in [9.17, 15) is 18.8 Å². The van der Waals surface area contributed by atoms with Gasteiger partial charge in [0.25, 0.3) is 11.8 Å². The molecule has 6 rings (SSSR count). The zero-order valence-electron chi connectivity index (χ0n) is 20.2. The molecule has 1 fully saturated rings. The van der Waals surface area contributed by atoms with Gasteiger partial charge in [0.05, 0.1) is 11.3 Å². The van der Waals surface area contributed by atoms with E-state index in [-0.39, 0.29) is 28.9 Å². The highest BCUT2D eigenvalue weighted by Gasteiger charge is 2.53. The molecule has 0 spiro atoms. The number of hydrogen-bond acceptors (Lipinski definition) is 3. The maximum Gasteiger partial charge on any atom is 0.332 e. The van der Waals surface area contributed by atoms with Crippen LogP contribution in [-0.2, 0) is 11.2 Å². The van der Waals surface area contributed by atoms with Crippen LogP contribution in [0.1, 0.15) is 46.6 Å². The van der Waals surface area contributed by atoms with Crippen molar-refractivity contribution in [2.75, 3.05) is 11.4 Å². The number of anilines is 1. The number of aromatic amines is 1. The van der Waals surface area contributed by atoms with Gasteiger partial charge in [-0.05, 0) is 47.9 Å². The summed E-state index contributed by atoms with van der Waals surface area (Å²) in [5.41, 5.74) is 3.89. The van der Waals surface area contributed by atoms with E-state index in [4.69, 9.17) is 0 Å². The Morgan fingerprint density at radius 3 is 2.54 bits per heavy atom. The molecular weight excluding hydrogens is 471 g/mol. The molecule has 186 valence electrons. The predicted molar refractivity (Wildman–Crippen MR) is 138 cm³/mol. The summed E-state index contributed by atoms with van der Waals surface area (Å²) in [6, 6.07) is 18.6. The first-order valence-electron chi connectivity index (χ1n) is 12.4. The Hall–Kier alpha value is -4.46. The summed E-state index contributed by atoms with van der Waals surface area (Å²) in [6.45, 7) is 2.43. The van der Waals surface area contributed by atoms with E-state index >= 15 is 0 Å². The van der Waals surface area contributed by atoms with Gasteiger partial charge >= 0.3 is 6.03 Å². The molecule has 3 aromatic carbocycles. The Morgan fingerprint density at radius 1 is 1.03 bits per heavy atom. The van der Waals surface area contributed by atoms with E-state index in [1.165, 1.54) is 12.1 Å². The van der Waals surface area contributed by atoms with Crippen LogP contribution >= 0.6 is 0 Å². The van der Waals surface area contributed by atoms with E-state index in [0.29, 0.717) is 18.5 Å². The molecule has 7 nitrogen and oxygen atoms in total. The number of H-pyrrole nitrogens is 1. The number of aromatic nitrogens is 1. The Labute approximate surface area is 212 Å². The summed E-state index contributed by atoms with van der Waals surface area (Å²) in [4.78, 5) is 47.0. The number of carbonyl (C=O) groups is 3. The Morgan fingerprint density at radius 2 is 1.76 bits per heavy atom. The summed E-state index contributed by atoms with van der Waals surface area (Å²) < 4.78 is 13.8. The number of imide groups is 1. The molecule has 2 aliphatic heterocycles. The second-order valence-corrected chi connectivity index (χ2v) is 9.37. The zero-order valence-corrected chi connectivity index (χ0v) is 20.2. The van der Waals surface area contributed by atoms with Gasteiger partial charge in [-0.25, -0.2) is 14.1 Å². The lowest BCUT2D eigenvalue weighted by Crippen LogP contribution is -2.44. The molecule has 0 bridgehead atoms. The topological polar surface area (TPSA) is 85.5 Å². The van der Waals surface area contributed by atoms with Gasteiger partial charge in [-0.2, -0.15) is 0 Å². The van der Waals surface area contributed by atoms with Crippen molar-refractivity contribution in [1.82, 2.24) is 15.2 Å². The minimum absolute atomic E-state index is 0.256. The number of fused-ring (bicyclic) bond motifs is 4. The first-order chi connectivity index (χ1) is 18.0. The number of rotatable bonds is 5. The highest BCUT2D eigenvalue weighted by molar-refractivity contribution is 6.24. The number of hydrogen-bond donors (Lipinski definition) is 2. The quantitative estimate of drug-likeness (QED) is 0.384. The first-order valence-corrected chi connectivity index (χ1v) is 12.4. The number of halogens is 1. The predicted octanol–water partition coefficient (Wildman–Crippen LogP) is 4.93. The third kappa shape index (κ3) is 3.59. The average Bonchev–Trinajstić information content (AvgIpc) is 3.41. The standard InChI is InChI=1S/C29H25FN4O3/c1-2-15-31-27(35)20-8-4-6-10-23(20)34-28(36)24-16-21-19-7-3-5-9-22(19)32-25(21)26(33(24)29(34)37)17-11-13-18(30)14-12-17/h3-14,24,26,32H,2,15-16H2,1H3,(H,31,35)/t24-,26?/m0/s1. The van der Waals surface area contributed by atoms with Crippen molar-refractivity contribution in [3.05, 3.63) is 101 Å². The first kappa shape index (κ1) is 23.0. The van der Waals surface area contributed by atoms with Gasteiger partial charge in [0.2, 0.25) is 0 Å². The summed E-state index contributed by atoms with van der Waals surface area (Å²) in [7, 11) is 0. The van der Waals surface area contributed by atoms with Crippen molar-refractivity contribution >= 4 is 34.4 Å². The van der Waals surface area contributed by atoms with Crippen LogP contribution < -0.4 is 10.2 Å². The van der Waals surface area contributed by atoms with Crippen LogP contribution in [0.25, 0.3) is 10.9 Å². The van der Waals surface area contributed by atoms with Crippen molar-refractivity contribution in [2.24, 2.45) is 0 Å². The molecule has 2 N–H and O–H groups in total. The summed E-state index contributed by atoms with van der Waals surface area (Å²) in [5.74, 6) is -1.11. The van der Waals surface area contributed by atoms with E-state index in [1.807, 2.05) is 31.2 Å². The maximum atomic E-state index is 14.0. The lowest BCUT2D eigenvalue weighted by molar-refractivity contribution is -0.120. The van der Waals surface area contributed by atoms with E-state index in [2.05, 4.69) is 10.3 Å². The Balaban J connectivity index is 1.49. The molecule has 0 radical (unpaired) electrons. The van der Waals surface area contributed by atoms with Gasteiger partial charge < -0.3 is 10.3 Å². The third-order valence-electron chi connectivity index (χ3n) is 7.16. The molecule has 3 heterocycles. The monoisotopic (exact) mass is 496 g/mol. The number of carbonyl (C=O) groups excluding carboxylic acids is 3. The lowest BCUT2D eigenvalue weighted by atomic mass is 9.89. The fraction of sp³-hybridized carbons (Fsp3) is 0.207. The van der Waals surface area contributed by atoms with E-state index in [0.717, 1.165) is 33.5 Å². The van der Waals surface area contributed by atoms with Crippen LogP contribution in [0.15, 0.2) is 72.8 Å². The SMILES string of the molecule is CCCNC(=O)c1ccccc1N1C(=O)[C@@H]2Cc3c([nH]c4ccccc34)C(c3ccc(F)cc3)N2C1=O. The molecule has 2 aliphatic rings. The minimum Gasteiger partial charge on any atom is -0.356 e. The number of urea groups is 1. The van der Waals surface area contributed by atoms with Gasteiger partial charge in [-0.3, -0.25) is 14.5 Å². The molecule has 1 unspecified atom stereocenters. The van der Waals surface area contributed by atoms with Gasteiger partial charge in [0.15, 0.2) is 0 Å². The lowest BCUT2D eigenvalue weighted by Gasteiger charge is -2.36. The van der Waals surface area contributed by atoms with Gasteiger partial charge in [-0.15, -0.1) is 0 Å². The van der Waals surface area contributed by atoms with Crippen LogP contribution in [0.3, 0.4) is 0 Å². The fourth-order valence-corrected chi connectivity index (χ4v) is 5.48. The zero-order chi connectivity index (χ0) is 25.7. The van der Waals surface area contributed by atoms with E-state index < -0.39 is 18.1 Å². The molecule has 4 aromatic rings. The average molecular weight is 497 g/mol. The number of nitrogens with one attached hydrogen (secondary N) is 2. The van der Waals surface area contributed by atoms with Crippen LogP contribution in [0.2, 0.25) is 0 Å². The van der Waals surface area contributed by atoms with Crippen LogP contribution in [0.5, 0.6) is 0 Å². The van der Waals surface area contributed by atoms with Crippen molar-refractivity contribution in [3.63, 3.8) is 0 Å². The van der Waals surface area contributed by atoms with Gasteiger partial charge in [0.1, 0.15) is 17.9 Å². The minimum atomic E-state index is -0.763. The van der Waals surface area contributed by atoms with Crippen molar-refractivity contribution < 1.29 is 18.8 Å². The van der Waals surface area contributed by atoms with Gasteiger partial charge in [0, 0.05) is 29.6 Å². The Kier molecular flexibility index (Phi) is 5.52. The Bertz CT molecular complexity index is 1540. The molecule has 1 aromatic heterocycles. The molecular formula is C29H25FN4O3. The molecule has 4 amide bonds. The molecule has 0 saturated carbocycles. The van der Waals surface area contributed by atoms with Crippen molar-refractivity contribution in [1.29, 1.82) is 0 Å². The second kappa shape index (κ2) is 8.89. The third-order valence-corrected chi connectivity index (χ3v) is 7.16. The van der Waals surface area contributed by atoms with Crippen LogP contribution in [0, 0.1) is 5.82 Å². The number of nitrogens with zero attached hydrogens (tertiary/aromatic N) is 2. The van der Waals surface area contributed by atoms with Crippen LogP contribution in [0.4, 0.5) is 14.9 Å². The smallest absolute Gasteiger partial charge is 0.332 e. The molecule has 8 heteroatoms. The summed E-state index contributed by atoms with van der Waals surface area (Å²) >= 11 is 0. The maximum absolute atomic E-state index is 14.0. The fourth-order valence-electron chi connectivity index (χ4n) is 5.48. The molecule has 1 saturated heterocycles. The van der Waals surface area contributed by atoms with Crippen LogP contribution in [-0.4, -0.2) is 40.3 Å². The second-order valence-electron chi connectivity index (χ2n) is 9.37. The van der Waals surface area contributed by atoms with E-state index in [1.54, 1.807) is 41.3 Å². The summed E-state index contributed by atoms with van der Waals surface area (Å²) in [5, 5.41) is 3.82. The highest BCUT2D eigenvalue weighted by atomic mass is 19.1. The highest BCUT2D eigenvalue weighted by Crippen LogP contribution is 2.45. The molecule has 0 aliphatic carbocycles. The van der Waals surface area contributed by atoms with Gasteiger partial charge in [-0.1, -0.05) is 49.4 Å². The number of amides is 4.